The van der Waals surface area contributed by atoms with Gasteiger partial charge >= 0.3 is 0 Å². The maximum absolute atomic E-state index is 12.4. The van der Waals surface area contributed by atoms with Gasteiger partial charge in [-0.05, 0) is 32.0 Å². The molecule has 0 spiro atoms. The van der Waals surface area contributed by atoms with Crippen molar-refractivity contribution in [3.05, 3.63) is 36.1 Å². The van der Waals surface area contributed by atoms with Gasteiger partial charge < -0.3 is 20.0 Å². The van der Waals surface area contributed by atoms with Crippen LogP contribution < -0.4 is 10.6 Å². The third-order valence-corrected chi connectivity index (χ3v) is 4.35. The number of hydrogen-bond donors (Lipinski definition) is 2. The standard InChI is InChI=1S/C18H23N3O3.ClH/c1-19-9-8-17(22)21-10-4-6-14(12-21)20-18(23)16-11-13-5-2-3-7-15(13)24-16;/h2-3,5,7,11,14,19H,4,6,8-10,12H2,1H3,(H,20,23);1H. The smallest absolute Gasteiger partial charge is 0.287 e. The second-order valence-electron chi connectivity index (χ2n) is 6.15. The maximum Gasteiger partial charge on any atom is 0.287 e. The maximum atomic E-state index is 12.4. The lowest BCUT2D eigenvalue weighted by Gasteiger charge is -2.33. The van der Waals surface area contributed by atoms with Gasteiger partial charge in [0.05, 0.1) is 0 Å². The minimum atomic E-state index is -0.222. The van der Waals surface area contributed by atoms with Gasteiger partial charge in [-0.1, -0.05) is 18.2 Å². The van der Waals surface area contributed by atoms with E-state index in [-0.39, 0.29) is 30.3 Å². The highest BCUT2D eigenvalue weighted by Crippen LogP contribution is 2.19. The lowest BCUT2D eigenvalue weighted by Crippen LogP contribution is -2.49. The lowest BCUT2D eigenvalue weighted by molar-refractivity contribution is -0.132. The summed E-state index contributed by atoms with van der Waals surface area (Å²) in [7, 11) is 1.83. The van der Waals surface area contributed by atoms with Gasteiger partial charge in [-0.25, -0.2) is 0 Å². The fourth-order valence-electron chi connectivity index (χ4n) is 3.06. The summed E-state index contributed by atoms with van der Waals surface area (Å²) in [5, 5.41) is 6.89. The molecular formula is C18H24ClN3O3. The molecule has 1 aromatic heterocycles. The molecule has 1 aromatic carbocycles. The molecule has 2 heterocycles. The van der Waals surface area contributed by atoms with Crippen molar-refractivity contribution in [2.45, 2.75) is 25.3 Å². The molecule has 25 heavy (non-hydrogen) atoms. The number of hydrogen-bond acceptors (Lipinski definition) is 4. The van der Waals surface area contributed by atoms with Crippen molar-refractivity contribution in [3.63, 3.8) is 0 Å². The number of piperidine rings is 1. The van der Waals surface area contributed by atoms with Crippen molar-refractivity contribution < 1.29 is 14.0 Å². The van der Waals surface area contributed by atoms with E-state index in [2.05, 4.69) is 10.6 Å². The van der Waals surface area contributed by atoms with Crippen LogP contribution in [0.25, 0.3) is 11.0 Å². The SMILES string of the molecule is CNCCC(=O)N1CCCC(NC(=O)c2cc3ccccc3o2)C1.Cl. The van der Waals surface area contributed by atoms with Crippen LogP contribution >= 0.6 is 12.4 Å². The summed E-state index contributed by atoms with van der Waals surface area (Å²) in [6.07, 6.45) is 2.26. The van der Waals surface area contributed by atoms with E-state index in [4.69, 9.17) is 4.42 Å². The number of furan rings is 1. The van der Waals surface area contributed by atoms with Crippen LogP contribution in [0.5, 0.6) is 0 Å². The van der Waals surface area contributed by atoms with Crippen molar-refractivity contribution in [3.8, 4) is 0 Å². The van der Waals surface area contributed by atoms with E-state index in [1.807, 2.05) is 36.2 Å². The first-order valence-electron chi connectivity index (χ1n) is 8.39. The van der Waals surface area contributed by atoms with Crippen LogP contribution in [0.15, 0.2) is 34.7 Å². The number of likely N-dealkylation sites (tertiary alicyclic amines) is 1. The third kappa shape index (κ3) is 4.74. The normalized spacial score (nSPS) is 17.2. The fraction of sp³-hybridized carbons (Fsp3) is 0.444. The van der Waals surface area contributed by atoms with Crippen molar-refractivity contribution in [2.75, 3.05) is 26.7 Å². The summed E-state index contributed by atoms with van der Waals surface area (Å²) >= 11 is 0. The Morgan fingerprint density at radius 2 is 2.12 bits per heavy atom. The second kappa shape index (κ2) is 8.87. The van der Waals surface area contributed by atoms with Gasteiger partial charge in [0.1, 0.15) is 5.58 Å². The van der Waals surface area contributed by atoms with Crippen LogP contribution in [0.3, 0.4) is 0 Å². The quantitative estimate of drug-likeness (QED) is 0.851. The molecule has 1 atom stereocenters. The molecular weight excluding hydrogens is 342 g/mol. The first-order chi connectivity index (χ1) is 11.7. The van der Waals surface area contributed by atoms with Gasteiger partial charge in [0.2, 0.25) is 5.91 Å². The molecule has 7 heteroatoms. The number of benzene rings is 1. The minimum Gasteiger partial charge on any atom is -0.451 e. The van der Waals surface area contributed by atoms with Gasteiger partial charge in [0, 0.05) is 37.5 Å². The van der Waals surface area contributed by atoms with Crippen LogP contribution in [0.1, 0.15) is 29.8 Å². The molecule has 2 aromatic rings. The fourth-order valence-corrected chi connectivity index (χ4v) is 3.06. The topological polar surface area (TPSA) is 74.6 Å². The molecule has 0 saturated carbocycles. The predicted octanol–water partition coefficient (Wildman–Crippen LogP) is 2.18. The Hall–Kier alpha value is -2.05. The third-order valence-electron chi connectivity index (χ3n) is 4.35. The van der Waals surface area contributed by atoms with Crippen LogP contribution in [0.2, 0.25) is 0 Å². The number of para-hydroxylation sites is 1. The highest BCUT2D eigenvalue weighted by molar-refractivity contribution is 5.96. The van der Waals surface area contributed by atoms with Gasteiger partial charge in [-0.3, -0.25) is 9.59 Å². The van der Waals surface area contributed by atoms with Crippen LogP contribution in [-0.2, 0) is 4.79 Å². The molecule has 0 aliphatic carbocycles. The molecule has 6 nitrogen and oxygen atoms in total. The number of carbonyl (C=O) groups excluding carboxylic acids is 2. The Morgan fingerprint density at radius 1 is 1.32 bits per heavy atom. The summed E-state index contributed by atoms with van der Waals surface area (Å²) in [5.41, 5.74) is 0.704. The zero-order valence-electron chi connectivity index (χ0n) is 14.3. The summed E-state index contributed by atoms with van der Waals surface area (Å²) in [6, 6.07) is 9.27. The average molecular weight is 366 g/mol. The lowest BCUT2D eigenvalue weighted by atomic mass is 10.0. The molecule has 1 unspecified atom stereocenters. The van der Waals surface area contributed by atoms with E-state index in [1.54, 1.807) is 6.07 Å². The Balaban J connectivity index is 0.00000225. The Kier molecular flexibility index (Phi) is 6.84. The minimum absolute atomic E-state index is 0. The molecule has 2 amide bonds. The van der Waals surface area contributed by atoms with Gasteiger partial charge in [-0.2, -0.15) is 0 Å². The average Bonchev–Trinajstić information content (AvgIpc) is 3.04. The number of fused-ring (bicyclic) bond motifs is 1. The molecule has 136 valence electrons. The number of carbonyl (C=O) groups is 2. The monoisotopic (exact) mass is 365 g/mol. The molecule has 0 bridgehead atoms. The van der Waals surface area contributed by atoms with E-state index in [0.717, 1.165) is 24.8 Å². The van der Waals surface area contributed by atoms with Crippen LogP contribution in [-0.4, -0.2) is 49.4 Å². The number of halogens is 1. The Bertz CT molecular complexity index is 698. The zero-order valence-corrected chi connectivity index (χ0v) is 15.1. The van der Waals surface area contributed by atoms with E-state index in [0.29, 0.717) is 30.9 Å². The van der Waals surface area contributed by atoms with Gasteiger partial charge in [0.25, 0.3) is 5.91 Å². The molecule has 1 aliphatic heterocycles. The predicted molar refractivity (Wildman–Crippen MR) is 99.1 cm³/mol. The highest BCUT2D eigenvalue weighted by Gasteiger charge is 2.25. The molecule has 1 saturated heterocycles. The van der Waals surface area contributed by atoms with Crippen molar-refractivity contribution in [2.24, 2.45) is 0 Å². The zero-order chi connectivity index (χ0) is 16.9. The van der Waals surface area contributed by atoms with Crippen molar-refractivity contribution in [1.29, 1.82) is 0 Å². The highest BCUT2D eigenvalue weighted by atomic mass is 35.5. The van der Waals surface area contributed by atoms with Crippen molar-refractivity contribution >= 4 is 35.2 Å². The van der Waals surface area contributed by atoms with Crippen LogP contribution in [0, 0.1) is 0 Å². The van der Waals surface area contributed by atoms with Crippen LogP contribution in [0.4, 0.5) is 0 Å². The van der Waals surface area contributed by atoms with Gasteiger partial charge in [-0.15, -0.1) is 12.4 Å². The molecule has 1 aliphatic rings. The number of nitrogens with one attached hydrogen (secondary N) is 2. The number of rotatable bonds is 5. The van der Waals surface area contributed by atoms with Gasteiger partial charge in [0.15, 0.2) is 5.76 Å². The Morgan fingerprint density at radius 3 is 2.88 bits per heavy atom. The first-order valence-corrected chi connectivity index (χ1v) is 8.39. The Labute approximate surface area is 153 Å². The summed E-state index contributed by atoms with van der Waals surface area (Å²) in [4.78, 5) is 26.4. The van der Waals surface area contributed by atoms with E-state index in [9.17, 15) is 9.59 Å². The molecule has 2 N–H and O–H groups in total. The second-order valence-corrected chi connectivity index (χ2v) is 6.15. The summed E-state index contributed by atoms with van der Waals surface area (Å²) < 4.78 is 5.60. The molecule has 1 fully saturated rings. The van der Waals surface area contributed by atoms with E-state index in [1.165, 1.54) is 0 Å². The van der Waals surface area contributed by atoms with E-state index < -0.39 is 0 Å². The summed E-state index contributed by atoms with van der Waals surface area (Å²) in [6.45, 7) is 2.00. The molecule has 0 radical (unpaired) electrons. The number of amides is 2. The van der Waals surface area contributed by atoms with E-state index >= 15 is 0 Å². The molecule has 3 rings (SSSR count). The largest absolute Gasteiger partial charge is 0.451 e. The number of nitrogens with zero attached hydrogens (tertiary/aromatic N) is 1. The summed E-state index contributed by atoms with van der Waals surface area (Å²) in [5.74, 6) is 0.225. The van der Waals surface area contributed by atoms with Crippen molar-refractivity contribution in [1.82, 2.24) is 15.5 Å². The first kappa shape index (κ1) is 19.3.